The Kier molecular flexibility index (Phi) is 2.31. The molecule has 0 spiro atoms. The molecule has 0 unspecified atom stereocenters. The van der Waals surface area contributed by atoms with E-state index in [0.717, 1.165) is 29.9 Å². The van der Waals surface area contributed by atoms with Gasteiger partial charge in [0.15, 0.2) is 0 Å². The van der Waals surface area contributed by atoms with Gasteiger partial charge in [-0.05, 0) is 41.0 Å². The van der Waals surface area contributed by atoms with Crippen LogP contribution < -0.4 is 4.74 Å². The molecule has 0 bridgehead atoms. The minimum absolute atomic E-state index is 0.694. The fourth-order valence-electron chi connectivity index (χ4n) is 2.13. The summed E-state index contributed by atoms with van der Waals surface area (Å²) in [6.45, 7) is 0.775. The molecule has 2 heteroatoms. The molecule has 2 nitrogen and oxygen atoms in total. The molecule has 0 radical (unpaired) electrons. The van der Waals surface area contributed by atoms with E-state index in [2.05, 4.69) is 12.1 Å². The van der Waals surface area contributed by atoms with Crippen molar-refractivity contribution in [2.75, 3.05) is 6.61 Å². The van der Waals surface area contributed by atoms with Crippen LogP contribution in [0.2, 0.25) is 0 Å². The zero-order chi connectivity index (χ0) is 11.7. The maximum Gasteiger partial charge on any atom is 0.122 e. The van der Waals surface area contributed by atoms with Crippen LogP contribution in [0.25, 0.3) is 11.1 Å². The summed E-state index contributed by atoms with van der Waals surface area (Å²) in [6, 6.07) is 16.0. The van der Waals surface area contributed by atoms with Crippen LogP contribution in [0.15, 0.2) is 42.5 Å². The van der Waals surface area contributed by atoms with Crippen LogP contribution in [0.3, 0.4) is 0 Å². The number of hydrogen-bond acceptors (Lipinski definition) is 2. The van der Waals surface area contributed by atoms with Crippen molar-refractivity contribution < 1.29 is 4.74 Å². The average Bonchev–Trinajstić information content (AvgIpc) is 2.86. The molecule has 0 amide bonds. The Hall–Kier alpha value is -2.27. The van der Waals surface area contributed by atoms with Gasteiger partial charge in [-0.1, -0.05) is 18.2 Å². The molecule has 0 aliphatic carbocycles. The number of ether oxygens (including phenoxy) is 1. The number of hydrogen-bond donors (Lipinski definition) is 0. The fraction of sp³-hybridized carbons (Fsp3) is 0.133. The molecule has 0 aromatic heterocycles. The smallest absolute Gasteiger partial charge is 0.122 e. The van der Waals surface area contributed by atoms with Gasteiger partial charge in [0.1, 0.15) is 5.75 Å². The predicted octanol–water partition coefficient (Wildman–Crippen LogP) is 3.16. The average molecular weight is 221 g/mol. The molecule has 2 aromatic rings. The first-order chi connectivity index (χ1) is 8.36. The lowest BCUT2D eigenvalue weighted by atomic mass is 10.0. The zero-order valence-electron chi connectivity index (χ0n) is 9.31. The van der Waals surface area contributed by atoms with E-state index < -0.39 is 0 Å². The highest BCUT2D eigenvalue weighted by molar-refractivity contribution is 5.67. The molecule has 1 aliphatic heterocycles. The van der Waals surface area contributed by atoms with Gasteiger partial charge < -0.3 is 4.74 Å². The lowest BCUT2D eigenvalue weighted by molar-refractivity contribution is 0.357. The number of rotatable bonds is 1. The summed E-state index contributed by atoms with van der Waals surface area (Å²) in [5.41, 5.74) is 4.18. The van der Waals surface area contributed by atoms with Gasteiger partial charge in [0, 0.05) is 6.42 Å². The summed E-state index contributed by atoms with van der Waals surface area (Å²) in [6.07, 6.45) is 0.973. The Bertz CT molecular complexity index is 611. The Morgan fingerprint density at radius 3 is 2.82 bits per heavy atom. The lowest BCUT2D eigenvalue weighted by Crippen LogP contribution is -1.85. The van der Waals surface area contributed by atoms with Crippen LogP contribution in [-0.2, 0) is 6.42 Å². The van der Waals surface area contributed by atoms with Crippen LogP contribution in [0.4, 0.5) is 0 Å². The van der Waals surface area contributed by atoms with E-state index >= 15 is 0 Å². The summed E-state index contributed by atoms with van der Waals surface area (Å²) in [4.78, 5) is 0. The standard InChI is InChI=1S/C15H11NO/c16-10-11-2-1-3-12(8-11)13-4-5-15-14(9-13)6-7-17-15/h1-5,8-9H,6-7H2. The molecule has 0 N–H and O–H groups in total. The Labute approximate surface area is 100 Å². The quantitative estimate of drug-likeness (QED) is 0.741. The van der Waals surface area contributed by atoms with E-state index in [0.29, 0.717) is 5.56 Å². The van der Waals surface area contributed by atoms with Gasteiger partial charge in [-0.15, -0.1) is 0 Å². The Balaban J connectivity index is 2.07. The maximum atomic E-state index is 8.89. The molecular formula is C15H11NO. The number of benzene rings is 2. The molecule has 0 saturated carbocycles. The van der Waals surface area contributed by atoms with Crippen molar-refractivity contribution in [2.24, 2.45) is 0 Å². The van der Waals surface area contributed by atoms with E-state index in [9.17, 15) is 0 Å². The maximum absolute atomic E-state index is 8.89. The third kappa shape index (κ3) is 1.76. The van der Waals surface area contributed by atoms with E-state index in [1.165, 1.54) is 5.56 Å². The van der Waals surface area contributed by atoms with Crippen LogP contribution in [0.5, 0.6) is 5.75 Å². The molecule has 0 saturated heterocycles. The predicted molar refractivity (Wildman–Crippen MR) is 65.8 cm³/mol. The van der Waals surface area contributed by atoms with Gasteiger partial charge in [-0.25, -0.2) is 0 Å². The monoisotopic (exact) mass is 221 g/mol. The third-order valence-electron chi connectivity index (χ3n) is 3.01. The topological polar surface area (TPSA) is 33.0 Å². The van der Waals surface area contributed by atoms with Crippen LogP contribution >= 0.6 is 0 Å². The van der Waals surface area contributed by atoms with Crippen molar-refractivity contribution in [2.45, 2.75) is 6.42 Å². The van der Waals surface area contributed by atoms with Gasteiger partial charge in [0.2, 0.25) is 0 Å². The summed E-state index contributed by atoms with van der Waals surface area (Å²) in [7, 11) is 0. The minimum Gasteiger partial charge on any atom is -0.493 e. The molecule has 82 valence electrons. The van der Waals surface area contributed by atoms with E-state index in [1.54, 1.807) is 0 Å². The number of nitrogens with zero attached hydrogens (tertiary/aromatic N) is 1. The molecular weight excluding hydrogens is 210 g/mol. The summed E-state index contributed by atoms with van der Waals surface area (Å²) >= 11 is 0. The van der Waals surface area contributed by atoms with Crippen molar-refractivity contribution in [1.29, 1.82) is 5.26 Å². The molecule has 1 heterocycles. The zero-order valence-corrected chi connectivity index (χ0v) is 9.31. The third-order valence-corrected chi connectivity index (χ3v) is 3.01. The van der Waals surface area contributed by atoms with Crippen molar-refractivity contribution in [1.82, 2.24) is 0 Å². The molecule has 2 aromatic carbocycles. The molecule has 1 aliphatic rings. The van der Waals surface area contributed by atoms with E-state index in [1.807, 2.05) is 36.4 Å². The van der Waals surface area contributed by atoms with Crippen LogP contribution in [0.1, 0.15) is 11.1 Å². The largest absolute Gasteiger partial charge is 0.493 e. The normalized spacial score (nSPS) is 12.6. The van der Waals surface area contributed by atoms with Crippen LogP contribution in [-0.4, -0.2) is 6.61 Å². The van der Waals surface area contributed by atoms with Gasteiger partial charge in [0.25, 0.3) is 0 Å². The Morgan fingerprint density at radius 2 is 1.94 bits per heavy atom. The number of fused-ring (bicyclic) bond motifs is 1. The first-order valence-corrected chi connectivity index (χ1v) is 5.63. The van der Waals surface area contributed by atoms with Gasteiger partial charge in [-0.3, -0.25) is 0 Å². The fourth-order valence-corrected chi connectivity index (χ4v) is 2.13. The SMILES string of the molecule is N#Cc1cccc(-c2ccc3c(c2)CCO3)c1. The molecule has 0 atom stereocenters. The van der Waals surface area contributed by atoms with E-state index in [4.69, 9.17) is 10.00 Å². The highest BCUT2D eigenvalue weighted by Gasteiger charge is 2.12. The van der Waals surface area contributed by atoms with Crippen molar-refractivity contribution in [3.8, 4) is 22.9 Å². The van der Waals surface area contributed by atoms with Gasteiger partial charge in [-0.2, -0.15) is 5.26 Å². The second kappa shape index (κ2) is 3.95. The second-order valence-electron chi connectivity index (χ2n) is 4.11. The lowest BCUT2D eigenvalue weighted by Gasteiger charge is -2.04. The van der Waals surface area contributed by atoms with Crippen LogP contribution in [0, 0.1) is 11.3 Å². The van der Waals surface area contributed by atoms with Gasteiger partial charge in [0.05, 0.1) is 18.2 Å². The summed E-state index contributed by atoms with van der Waals surface area (Å²) < 4.78 is 5.48. The van der Waals surface area contributed by atoms with Crippen molar-refractivity contribution in [3.05, 3.63) is 53.6 Å². The molecule has 0 fully saturated rings. The summed E-state index contributed by atoms with van der Waals surface area (Å²) in [5, 5.41) is 8.89. The highest BCUT2D eigenvalue weighted by Crippen LogP contribution is 2.30. The van der Waals surface area contributed by atoms with Crippen molar-refractivity contribution in [3.63, 3.8) is 0 Å². The second-order valence-corrected chi connectivity index (χ2v) is 4.11. The highest BCUT2D eigenvalue weighted by atomic mass is 16.5. The van der Waals surface area contributed by atoms with Gasteiger partial charge >= 0.3 is 0 Å². The first kappa shape index (κ1) is 9.92. The Morgan fingerprint density at radius 1 is 1.06 bits per heavy atom. The first-order valence-electron chi connectivity index (χ1n) is 5.63. The molecule has 17 heavy (non-hydrogen) atoms. The van der Waals surface area contributed by atoms with E-state index in [-0.39, 0.29) is 0 Å². The van der Waals surface area contributed by atoms with Crippen molar-refractivity contribution >= 4 is 0 Å². The molecule has 3 rings (SSSR count). The number of nitriles is 1. The summed E-state index contributed by atoms with van der Waals surface area (Å²) in [5.74, 6) is 0.991. The minimum atomic E-state index is 0.694.